The number of benzene rings is 1. The minimum absolute atomic E-state index is 0.245. The molecular weight excluding hydrogens is 281 g/mol. The number of carbonyl (C=O) groups is 1. The number of halogens is 1. The van der Waals surface area contributed by atoms with E-state index in [-0.39, 0.29) is 17.8 Å². The highest BCUT2D eigenvalue weighted by Gasteiger charge is 2.22. The van der Waals surface area contributed by atoms with Crippen LogP contribution in [0.2, 0.25) is 0 Å². The average molecular weight is 293 g/mol. The summed E-state index contributed by atoms with van der Waals surface area (Å²) in [5.41, 5.74) is 4.93. The van der Waals surface area contributed by atoms with Gasteiger partial charge in [-0.3, -0.25) is 14.9 Å². The van der Waals surface area contributed by atoms with Gasteiger partial charge in [0.1, 0.15) is 5.56 Å². The van der Waals surface area contributed by atoms with E-state index in [0.29, 0.717) is 12.5 Å². The third-order valence-corrected chi connectivity index (χ3v) is 2.79. The van der Waals surface area contributed by atoms with Crippen LogP contribution in [0.3, 0.4) is 0 Å². The van der Waals surface area contributed by atoms with Gasteiger partial charge in [-0.05, 0) is 6.07 Å². The maximum Gasteiger partial charge on any atom is 0.285 e. The van der Waals surface area contributed by atoms with Gasteiger partial charge in [0.15, 0.2) is 5.82 Å². The molecule has 0 radical (unpaired) electrons. The van der Waals surface area contributed by atoms with Gasteiger partial charge in [-0.1, -0.05) is 0 Å². The van der Waals surface area contributed by atoms with E-state index in [0.717, 1.165) is 11.8 Å². The number of nitro benzene ring substituents is 1. The molecule has 9 heteroatoms. The number of anilines is 1. The van der Waals surface area contributed by atoms with Crippen LogP contribution in [0.25, 0.3) is 0 Å². The van der Waals surface area contributed by atoms with Crippen molar-refractivity contribution < 1.29 is 14.1 Å². The molecule has 0 aliphatic rings. The van der Waals surface area contributed by atoms with Gasteiger partial charge in [0, 0.05) is 24.9 Å². The van der Waals surface area contributed by atoms with Crippen LogP contribution in [0.4, 0.5) is 15.8 Å². The Morgan fingerprint density at radius 2 is 2.29 bits per heavy atom. The van der Waals surface area contributed by atoms with E-state index in [1.54, 1.807) is 6.20 Å². The summed E-state index contributed by atoms with van der Waals surface area (Å²) in [6.07, 6.45) is 3.59. The molecule has 0 atom stereocenters. The summed E-state index contributed by atoms with van der Waals surface area (Å²) >= 11 is 0. The summed E-state index contributed by atoms with van der Waals surface area (Å²) in [5.74, 6) is -1.62. The molecule has 1 heterocycles. The molecule has 4 N–H and O–H groups in total. The van der Waals surface area contributed by atoms with E-state index < -0.39 is 22.3 Å². The largest absolute Gasteiger partial charge is 0.396 e. The van der Waals surface area contributed by atoms with Crippen molar-refractivity contribution in [1.82, 2.24) is 15.3 Å². The van der Waals surface area contributed by atoms with Gasteiger partial charge in [0.05, 0.1) is 23.0 Å². The van der Waals surface area contributed by atoms with Crippen molar-refractivity contribution in [3.8, 4) is 0 Å². The molecular formula is C12H12FN5O3. The number of H-pyrrole nitrogens is 1. The summed E-state index contributed by atoms with van der Waals surface area (Å²) < 4.78 is 13.2. The molecule has 0 saturated carbocycles. The van der Waals surface area contributed by atoms with Crippen LogP contribution in [0.15, 0.2) is 24.7 Å². The molecule has 0 spiro atoms. The molecule has 110 valence electrons. The number of aromatic nitrogens is 2. The fourth-order valence-electron chi connectivity index (χ4n) is 1.74. The summed E-state index contributed by atoms with van der Waals surface area (Å²) in [6.45, 7) is 0.245. The Morgan fingerprint density at radius 3 is 2.90 bits per heavy atom. The van der Waals surface area contributed by atoms with Crippen molar-refractivity contribution in [3.63, 3.8) is 0 Å². The van der Waals surface area contributed by atoms with Crippen molar-refractivity contribution >= 4 is 17.3 Å². The van der Waals surface area contributed by atoms with Gasteiger partial charge in [0.2, 0.25) is 0 Å². The van der Waals surface area contributed by atoms with Gasteiger partial charge in [-0.15, -0.1) is 0 Å². The van der Waals surface area contributed by atoms with Crippen molar-refractivity contribution in [2.24, 2.45) is 0 Å². The van der Waals surface area contributed by atoms with Gasteiger partial charge < -0.3 is 16.0 Å². The number of amides is 1. The Bertz CT molecular complexity index is 672. The Balaban J connectivity index is 2.11. The van der Waals surface area contributed by atoms with E-state index in [1.807, 2.05) is 0 Å². The topological polar surface area (TPSA) is 127 Å². The fraction of sp³-hybridized carbons (Fsp3) is 0.167. The van der Waals surface area contributed by atoms with E-state index in [4.69, 9.17) is 5.73 Å². The van der Waals surface area contributed by atoms with Crippen molar-refractivity contribution in [3.05, 3.63) is 51.8 Å². The second-order valence-corrected chi connectivity index (χ2v) is 4.23. The predicted molar refractivity (Wildman–Crippen MR) is 72.1 cm³/mol. The Morgan fingerprint density at radius 1 is 1.52 bits per heavy atom. The third kappa shape index (κ3) is 3.32. The third-order valence-electron chi connectivity index (χ3n) is 2.79. The highest BCUT2D eigenvalue weighted by molar-refractivity contribution is 5.99. The highest BCUT2D eigenvalue weighted by Crippen LogP contribution is 2.24. The van der Waals surface area contributed by atoms with E-state index in [9.17, 15) is 19.3 Å². The number of hydrogen-bond acceptors (Lipinski definition) is 5. The number of nitrogen functional groups attached to an aromatic ring is 1. The highest BCUT2D eigenvalue weighted by atomic mass is 19.1. The van der Waals surface area contributed by atoms with Gasteiger partial charge >= 0.3 is 0 Å². The maximum absolute atomic E-state index is 13.2. The smallest absolute Gasteiger partial charge is 0.285 e. The lowest BCUT2D eigenvalue weighted by Gasteiger charge is -2.06. The SMILES string of the molecule is Nc1cc(C(=O)NCCc2cnc[nH]2)c([N+](=O)[O-])cc1F. The molecule has 0 bridgehead atoms. The molecule has 0 aliphatic carbocycles. The lowest BCUT2D eigenvalue weighted by Crippen LogP contribution is -2.26. The molecule has 0 unspecified atom stereocenters. The first-order valence-corrected chi connectivity index (χ1v) is 5.98. The van der Waals surface area contributed by atoms with Crippen LogP contribution in [-0.4, -0.2) is 27.3 Å². The molecule has 1 aromatic heterocycles. The van der Waals surface area contributed by atoms with E-state index >= 15 is 0 Å². The lowest BCUT2D eigenvalue weighted by molar-refractivity contribution is -0.385. The number of nitrogens with one attached hydrogen (secondary N) is 2. The summed E-state index contributed by atoms with van der Waals surface area (Å²) in [5, 5.41) is 13.4. The Hall–Kier alpha value is -2.97. The predicted octanol–water partition coefficient (Wildman–Crippen LogP) is 1.01. The number of imidazole rings is 1. The number of hydrogen-bond donors (Lipinski definition) is 3. The quantitative estimate of drug-likeness (QED) is 0.430. The zero-order valence-corrected chi connectivity index (χ0v) is 10.8. The van der Waals surface area contributed by atoms with Crippen molar-refractivity contribution in [2.75, 3.05) is 12.3 Å². The van der Waals surface area contributed by atoms with Crippen LogP contribution in [-0.2, 0) is 6.42 Å². The van der Waals surface area contributed by atoms with Gasteiger partial charge in [-0.25, -0.2) is 9.37 Å². The molecule has 1 aromatic carbocycles. The second-order valence-electron chi connectivity index (χ2n) is 4.23. The first-order valence-electron chi connectivity index (χ1n) is 5.98. The average Bonchev–Trinajstić information content (AvgIpc) is 2.94. The second kappa shape index (κ2) is 5.99. The maximum atomic E-state index is 13.2. The number of aromatic amines is 1. The van der Waals surface area contributed by atoms with Crippen molar-refractivity contribution in [2.45, 2.75) is 6.42 Å². The first kappa shape index (κ1) is 14.4. The zero-order chi connectivity index (χ0) is 15.4. The van der Waals surface area contributed by atoms with Crippen molar-refractivity contribution in [1.29, 1.82) is 0 Å². The molecule has 2 aromatic rings. The molecule has 8 nitrogen and oxygen atoms in total. The molecule has 21 heavy (non-hydrogen) atoms. The number of nitro groups is 1. The van der Waals surface area contributed by atoms with Crippen LogP contribution < -0.4 is 11.1 Å². The summed E-state index contributed by atoms with van der Waals surface area (Å²) in [7, 11) is 0. The number of carbonyl (C=O) groups excluding carboxylic acids is 1. The standard InChI is InChI=1S/C12H12FN5O3/c13-9-4-11(18(20)21)8(3-10(9)14)12(19)16-2-1-7-5-15-6-17-7/h3-6H,1-2,14H2,(H,15,17)(H,16,19). The minimum Gasteiger partial charge on any atom is -0.396 e. The molecule has 2 rings (SSSR count). The van der Waals surface area contributed by atoms with E-state index in [2.05, 4.69) is 15.3 Å². The zero-order valence-electron chi connectivity index (χ0n) is 10.8. The summed E-state index contributed by atoms with van der Waals surface area (Å²) in [4.78, 5) is 28.6. The molecule has 0 saturated heterocycles. The molecule has 0 fully saturated rings. The molecule has 1 amide bonds. The van der Waals surface area contributed by atoms with E-state index in [1.165, 1.54) is 6.33 Å². The van der Waals surface area contributed by atoms with Gasteiger partial charge in [0.25, 0.3) is 11.6 Å². The minimum atomic E-state index is -0.935. The summed E-state index contributed by atoms with van der Waals surface area (Å²) in [6, 6.07) is 1.60. The number of nitrogens with zero attached hydrogens (tertiary/aromatic N) is 2. The monoisotopic (exact) mass is 293 g/mol. The van der Waals surface area contributed by atoms with Crippen LogP contribution in [0, 0.1) is 15.9 Å². The fourth-order valence-corrected chi connectivity index (χ4v) is 1.74. The number of rotatable bonds is 5. The van der Waals surface area contributed by atoms with Crippen LogP contribution >= 0.6 is 0 Å². The van der Waals surface area contributed by atoms with Gasteiger partial charge in [-0.2, -0.15) is 0 Å². The Labute approximate surface area is 118 Å². The normalized spacial score (nSPS) is 10.3. The first-order chi connectivity index (χ1) is 9.99. The Kier molecular flexibility index (Phi) is 4.12. The van der Waals surface area contributed by atoms with Crippen LogP contribution in [0.5, 0.6) is 0 Å². The van der Waals surface area contributed by atoms with Crippen LogP contribution in [0.1, 0.15) is 16.1 Å². The number of nitrogens with two attached hydrogens (primary N) is 1. The molecule has 0 aliphatic heterocycles. The lowest BCUT2D eigenvalue weighted by atomic mass is 10.1.